The Bertz CT molecular complexity index is 374. The molecule has 0 aromatic carbocycles. The van der Waals surface area contributed by atoms with Crippen LogP contribution in [0.4, 0.5) is 0 Å². The predicted molar refractivity (Wildman–Crippen MR) is 79.2 cm³/mol. The molecule has 1 aliphatic heterocycles. The lowest BCUT2D eigenvalue weighted by Crippen LogP contribution is -2.41. The summed E-state index contributed by atoms with van der Waals surface area (Å²) in [7, 11) is 2.26. The van der Waals surface area contributed by atoms with Crippen LogP contribution in [0, 0.1) is 5.92 Å². The summed E-state index contributed by atoms with van der Waals surface area (Å²) < 4.78 is 2.34. The maximum absolute atomic E-state index is 4.38. The van der Waals surface area contributed by atoms with Crippen molar-refractivity contribution in [2.75, 3.05) is 26.7 Å². The molecule has 0 radical (unpaired) electrons. The average molecular weight is 264 g/mol. The van der Waals surface area contributed by atoms with Crippen LogP contribution >= 0.6 is 0 Å². The van der Waals surface area contributed by atoms with Gasteiger partial charge >= 0.3 is 0 Å². The molecule has 1 aromatic heterocycles. The molecule has 1 fully saturated rings. The fraction of sp³-hybridized carbons (Fsp3) is 0.800. The molecule has 0 saturated carbocycles. The Labute approximate surface area is 117 Å². The third-order valence-corrected chi connectivity index (χ3v) is 4.18. The van der Waals surface area contributed by atoms with Crippen LogP contribution in [0.15, 0.2) is 12.5 Å². The van der Waals surface area contributed by atoms with Crippen molar-refractivity contribution >= 4 is 0 Å². The Morgan fingerprint density at radius 1 is 1.42 bits per heavy atom. The molecule has 4 nitrogen and oxygen atoms in total. The first-order valence-corrected chi connectivity index (χ1v) is 7.68. The molecule has 2 rings (SSSR count). The lowest BCUT2D eigenvalue weighted by atomic mass is 9.87. The Kier molecular flexibility index (Phi) is 5.40. The van der Waals surface area contributed by atoms with E-state index in [0.29, 0.717) is 12.0 Å². The van der Waals surface area contributed by atoms with Crippen molar-refractivity contribution in [3.63, 3.8) is 0 Å². The van der Waals surface area contributed by atoms with E-state index in [9.17, 15) is 0 Å². The topological polar surface area (TPSA) is 33.1 Å². The fourth-order valence-corrected chi connectivity index (χ4v) is 3.28. The van der Waals surface area contributed by atoms with Gasteiger partial charge in [0.15, 0.2) is 0 Å². The van der Waals surface area contributed by atoms with E-state index in [1.807, 2.05) is 6.33 Å². The molecule has 0 amide bonds. The molecule has 2 heterocycles. The molecule has 1 aromatic rings. The Hall–Kier alpha value is -0.870. The monoisotopic (exact) mass is 264 g/mol. The molecular weight excluding hydrogens is 236 g/mol. The highest BCUT2D eigenvalue weighted by Crippen LogP contribution is 2.34. The van der Waals surface area contributed by atoms with Gasteiger partial charge in [0.05, 0.1) is 18.1 Å². The quantitative estimate of drug-likeness (QED) is 0.856. The van der Waals surface area contributed by atoms with E-state index in [1.54, 1.807) is 0 Å². The van der Waals surface area contributed by atoms with Crippen molar-refractivity contribution in [3.8, 4) is 0 Å². The average Bonchev–Trinajstić information content (AvgIpc) is 2.85. The van der Waals surface area contributed by atoms with Gasteiger partial charge in [-0.25, -0.2) is 4.98 Å². The number of rotatable bonds is 6. The third-order valence-electron chi connectivity index (χ3n) is 4.18. The first-order valence-electron chi connectivity index (χ1n) is 7.68. The third kappa shape index (κ3) is 3.37. The highest BCUT2D eigenvalue weighted by molar-refractivity contribution is 5.09. The highest BCUT2D eigenvalue weighted by Gasteiger charge is 2.32. The summed E-state index contributed by atoms with van der Waals surface area (Å²) in [6.45, 7) is 8.86. The zero-order valence-electron chi connectivity index (χ0n) is 12.6. The maximum Gasteiger partial charge on any atom is 0.0948 e. The minimum atomic E-state index is 0.516. The lowest BCUT2D eigenvalue weighted by Gasteiger charge is -2.39. The largest absolute Gasteiger partial charge is 0.333 e. The summed E-state index contributed by atoms with van der Waals surface area (Å²) in [6, 6.07) is 0.516. The Morgan fingerprint density at radius 3 is 3.00 bits per heavy atom. The summed E-state index contributed by atoms with van der Waals surface area (Å²) in [6.07, 6.45) is 7.86. The molecule has 0 spiro atoms. The van der Waals surface area contributed by atoms with Crippen LogP contribution in [0.3, 0.4) is 0 Å². The number of hydrogen-bond acceptors (Lipinski definition) is 3. The van der Waals surface area contributed by atoms with Gasteiger partial charge in [0.2, 0.25) is 0 Å². The minimum absolute atomic E-state index is 0.516. The van der Waals surface area contributed by atoms with Crippen LogP contribution in [0.5, 0.6) is 0 Å². The molecule has 2 atom stereocenters. The van der Waals surface area contributed by atoms with E-state index in [0.717, 1.165) is 26.1 Å². The summed E-state index contributed by atoms with van der Waals surface area (Å²) in [5, 5.41) is 3.53. The number of nitrogens with one attached hydrogen (secondary N) is 1. The van der Waals surface area contributed by atoms with E-state index in [4.69, 9.17) is 0 Å². The van der Waals surface area contributed by atoms with Gasteiger partial charge in [-0.15, -0.1) is 0 Å². The van der Waals surface area contributed by atoms with Crippen molar-refractivity contribution in [2.45, 2.75) is 45.7 Å². The number of aromatic nitrogens is 2. The maximum atomic E-state index is 4.38. The molecule has 1 aliphatic rings. The molecule has 0 bridgehead atoms. The van der Waals surface area contributed by atoms with Gasteiger partial charge in [0.1, 0.15) is 0 Å². The zero-order chi connectivity index (χ0) is 13.7. The first kappa shape index (κ1) is 14.5. The SMILES string of the molecule is CCCn1cncc1C1C(CNCC)CCCN1C. The van der Waals surface area contributed by atoms with E-state index in [2.05, 4.69) is 46.9 Å². The van der Waals surface area contributed by atoms with Crippen molar-refractivity contribution in [3.05, 3.63) is 18.2 Å². The van der Waals surface area contributed by atoms with E-state index < -0.39 is 0 Å². The van der Waals surface area contributed by atoms with Gasteiger partial charge in [-0.2, -0.15) is 0 Å². The fourth-order valence-electron chi connectivity index (χ4n) is 3.28. The molecule has 0 aliphatic carbocycles. The molecule has 19 heavy (non-hydrogen) atoms. The Morgan fingerprint density at radius 2 is 2.26 bits per heavy atom. The predicted octanol–water partition coefficient (Wildman–Crippen LogP) is 2.29. The summed E-state index contributed by atoms with van der Waals surface area (Å²) >= 11 is 0. The minimum Gasteiger partial charge on any atom is -0.333 e. The molecule has 2 unspecified atom stereocenters. The van der Waals surface area contributed by atoms with Crippen molar-refractivity contribution < 1.29 is 0 Å². The van der Waals surface area contributed by atoms with Crippen LogP contribution in [-0.2, 0) is 6.54 Å². The second-order valence-electron chi connectivity index (χ2n) is 5.65. The van der Waals surface area contributed by atoms with Gasteiger partial charge < -0.3 is 9.88 Å². The van der Waals surface area contributed by atoms with Gasteiger partial charge in [-0.05, 0) is 51.9 Å². The molecule has 1 saturated heterocycles. The number of piperidine rings is 1. The number of hydrogen-bond donors (Lipinski definition) is 1. The second-order valence-corrected chi connectivity index (χ2v) is 5.65. The zero-order valence-corrected chi connectivity index (χ0v) is 12.6. The van der Waals surface area contributed by atoms with Crippen LogP contribution in [0.2, 0.25) is 0 Å². The summed E-state index contributed by atoms with van der Waals surface area (Å²) in [5.74, 6) is 0.700. The number of aryl methyl sites for hydroxylation is 1. The normalized spacial score (nSPS) is 24.8. The molecule has 108 valence electrons. The summed E-state index contributed by atoms with van der Waals surface area (Å²) in [5.41, 5.74) is 1.40. The summed E-state index contributed by atoms with van der Waals surface area (Å²) in [4.78, 5) is 6.89. The molecule has 4 heteroatoms. The number of nitrogens with zero attached hydrogens (tertiary/aromatic N) is 3. The highest BCUT2D eigenvalue weighted by atomic mass is 15.2. The van der Waals surface area contributed by atoms with Crippen molar-refractivity contribution in [1.82, 2.24) is 19.8 Å². The Balaban J connectivity index is 2.17. The van der Waals surface area contributed by atoms with Crippen molar-refractivity contribution in [2.24, 2.45) is 5.92 Å². The molecular formula is C15H28N4. The van der Waals surface area contributed by atoms with Crippen LogP contribution in [-0.4, -0.2) is 41.1 Å². The molecule has 1 N–H and O–H groups in total. The van der Waals surface area contributed by atoms with Crippen LogP contribution in [0.25, 0.3) is 0 Å². The number of likely N-dealkylation sites (tertiary alicyclic amines) is 1. The van der Waals surface area contributed by atoms with Crippen LogP contribution in [0.1, 0.15) is 44.8 Å². The smallest absolute Gasteiger partial charge is 0.0948 e. The van der Waals surface area contributed by atoms with Gasteiger partial charge in [-0.1, -0.05) is 13.8 Å². The standard InChI is InChI=1S/C15H28N4/c1-4-8-19-12-17-11-14(19)15-13(10-16-5-2)7-6-9-18(15)3/h11-13,15-16H,4-10H2,1-3H3. The van der Waals surface area contributed by atoms with Gasteiger partial charge in [0.25, 0.3) is 0 Å². The van der Waals surface area contributed by atoms with Crippen LogP contribution < -0.4 is 5.32 Å². The second kappa shape index (κ2) is 7.06. The van der Waals surface area contributed by atoms with Crippen molar-refractivity contribution in [1.29, 1.82) is 0 Å². The van der Waals surface area contributed by atoms with Gasteiger partial charge in [0, 0.05) is 12.7 Å². The van der Waals surface area contributed by atoms with Gasteiger partial charge in [-0.3, -0.25) is 4.90 Å². The van der Waals surface area contributed by atoms with E-state index in [-0.39, 0.29) is 0 Å². The number of imidazole rings is 1. The first-order chi connectivity index (χ1) is 9.27. The lowest BCUT2D eigenvalue weighted by molar-refractivity contribution is 0.113. The van der Waals surface area contributed by atoms with E-state index in [1.165, 1.54) is 25.1 Å². The van der Waals surface area contributed by atoms with E-state index >= 15 is 0 Å².